The fraction of sp³-hybridized carbons (Fsp3) is 0.312. The zero-order valence-corrected chi connectivity index (χ0v) is 12.4. The van der Waals surface area contributed by atoms with Crippen LogP contribution in [0.1, 0.15) is 45.6 Å². The zero-order valence-electron chi connectivity index (χ0n) is 11.6. The van der Waals surface area contributed by atoms with Crippen LogP contribution in [0.2, 0.25) is 0 Å². The van der Waals surface area contributed by atoms with Gasteiger partial charge in [-0.05, 0) is 37.5 Å². The van der Waals surface area contributed by atoms with E-state index < -0.39 is 0 Å². The number of hydrogen-bond donors (Lipinski definition) is 1. The Morgan fingerprint density at radius 3 is 2.58 bits per heavy atom. The highest BCUT2D eigenvalue weighted by Gasteiger charge is 2.14. The standard InChI is InChI=1S/C16H19NOS/c1-4-13-10-15(19-12(13)3)16(18)17-11(2)14-8-6-5-7-9-14/h5-11H,4H2,1-3H3,(H,17,18)/t11-/m1/s1. The van der Waals surface area contributed by atoms with Crippen molar-refractivity contribution in [1.82, 2.24) is 5.32 Å². The molecule has 2 nitrogen and oxygen atoms in total. The van der Waals surface area contributed by atoms with Gasteiger partial charge in [0.15, 0.2) is 0 Å². The molecule has 1 heterocycles. The van der Waals surface area contributed by atoms with Crippen LogP contribution in [0.25, 0.3) is 0 Å². The van der Waals surface area contributed by atoms with Crippen molar-refractivity contribution in [2.75, 3.05) is 0 Å². The third-order valence-electron chi connectivity index (χ3n) is 3.27. The van der Waals surface area contributed by atoms with Crippen molar-refractivity contribution < 1.29 is 4.79 Å². The van der Waals surface area contributed by atoms with Crippen molar-refractivity contribution >= 4 is 17.2 Å². The van der Waals surface area contributed by atoms with Gasteiger partial charge in [0.1, 0.15) is 0 Å². The molecule has 0 aliphatic rings. The third kappa shape index (κ3) is 3.24. The first kappa shape index (κ1) is 13.8. The van der Waals surface area contributed by atoms with E-state index in [1.807, 2.05) is 43.3 Å². The maximum atomic E-state index is 12.2. The number of carbonyl (C=O) groups is 1. The lowest BCUT2D eigenvalue weighted by Crippen LogP contribution is -2.25. The van der Waals surface area contributed by atoms with Gasteiger partial charge in [0, 0.05) is 4.88 Å². The van der Waals surface area contributed by atoms with Crippen molar-refractivity contribution in [2.24, 2.45) is 0 Å². The highest BCUT2D eigenvalue weighted by atomic mass is 32.1. The van der Waals surface area contributed by atoms with E-state index in [9.17, 15) is 4.79 Å². The normalized spacial score (nSPS) is 12.2. The maximum absolute atomic E-state index is 12.2. The number of aryl methyl sites for hydroxylation is 2. The largest absolute Gasteiger partial charge is 0.345 e. The first-order valence-corrected chi connectivity index (χ1v) is 7.38. The van der Waals surface area contributed by atoms with Crippen LogP contribution in [0.15, 0.2) is 36.4 Å². The predicted molar refractivity (Wildman–Crippen MR) is 80.8 cm³/mol. The molecule has 0 aliphatic carbocycles. The molecular weight excluding hydrogens is 254 g/mol. The summed E-state index contributed by atoms with van der Waals surface area (Å²) in [7, 11) is 0. The summed E-state index contributed by atoms with van der Waals surface area (Å²) in [4.78, 5) is 14.2. The summed E-state index contributed by atoms with van der Waals surface area (Å²) in [6.45, 7) is 6.19. The van der Waals surface area contributed by atoms with Gasteiger partial charge in [-0.15, -0.1) is 11.3 Å². The fourth-order valence-corrected chi connectivity index (χ4v) is 3.09. The van der Waals surface area contributed by atoms with Crippen LogP contribution in [-0.4, -0.2) is 5.91 Å². The first-order chi connectivity index (χ1) is 9.11. The van der Waals surface area contributed by atoms with E-state index in [2.05, 4.69) is 19.2 Å². The average Bonchev–Trinajstić information content (AvgIpc) is 2.81. The number of rotatable bonds is 4. The van der Waals surface area contributed by atoms with E-state index >= 15 is 0 Å². The van der Waals surface area contributed by atoms with E-state index in [0.717, 1.165) is 16.9 Å². The Bertz CT molecular complexity index is 559. The van der Waals surface area contributed by atoms with Gasteiger partial charge in [-0.2, -0.15) is 0 Å². The van der Waals surface area contributed by atoms with Gasteiger partial charge in [0.2, 0.25) is 0 Å². The molecular formula is C16H19NOS. The van der Waals surface area contributed by atoms with Gasteiger partial charge in [0.05, 0.1) is 10.9 Å². The lowest BCUT2D eigenvalue weighted by atomic mass is 10.1. The first-order valence-electron chi connectivity index (χ1n) is 6.57. The summed E-state index contributed by atoms with van der Waals surface area (Å²) in [6.07, 6.45) is 0.976. The SMILES string of the molecule is CCc1cc(C(=O)N[C@H](C)c2ccccc2)sc1C. The molecule has 0 spiro atoms. The summed E-state index contributed by atoms with van der Waals surface area (Å²) in [5, 5.41) is 3.05. The zero-order chi connectivity index (χ0) is 13.8. The van der Waals surface area contributed by atoms with Crippen LogP contribution in [-0.2, 0) is 6.42 Å². The van der Waals surface area contributed by atoms with Gasteiger partial charge in [-0.1, -0.05) is 37.3 Å². The van der Waals surface area contributed by atoms with E-state index in [-0.39, 0.29) is 11.9 Å². The minimum atomic E-state index is 0.0177. The second kappa shape index (κ2) is 6.02. The summed E-state index contributed by atoms with van der Waals surface area (Å²) in [5.74, 6) is 0.0177. The molecule has 19 heavy (non-hydrogen) atoms. The van der Waals surface area contributed by atoms with E-state index in [0.29, 0.717) is 0 Å². The van der Waals surface area contributed by atoms with Gasteiger partial charge < -0.3 is 5.32 Å². The molecule has 3 heteroatoms. The Labute approximate surface area is 118 Å². The molecule has 0 saturated heterocycles. The Kier molecular flexibility index (Phi) is 4.38. The van der Waals surface area contributed by atoms with Crippen molar-refractivity contribution in [3.8, 4) is 0 Å². The van der Waals surface area contributed by atoms with E-state index in [1.165, 1.54) is 10.4 Å². The predicted octanol–water partition coefficient (Wildman–Crippen LogP) is 4.11. The second-order valence-corrected chi connectivity index (χ2v) is 5.91. The summed E-state index contributed by atoms with van der Waals surface area (Å²) in [5.41, 5.74) is 2.39. The van der Waals surface area contributed by atoms with Crippen LogP contribution in [0, 0.1) is 6.92 Å². The minimum Gasteiger partial charge on any atom is -0.345 e. The lowest BCUT2D eigenvalue weighted by molar-refractivity contribution is 0.0944. The smallest absolute Gasteiger partial charge is 0.261 e. The van der Waals surface area contributed by atoms with Gasteiger partial charge in [0.25, 0.3) is 5.91 Å². The summed E-state index contributed by atoms with van der Waals surface area (Å²) >= 11 is 1.57. The van der Waals surface area contributed by atoms with Crippen LogP contribution in [0.5, 0.6) is 0 Å². The molecule has 1 N–H and O–H groups in total. The van der Waals surface area contributed by atoms with E-state index in [4.69, 9.17) is 0 Å². The number of thiophene rings is 1. The fourth-order valence-electron chi connectivity index (χ4n) is 2.08. The van der Waals surface area contributed by atoms with Crippen LogP contribution >= 0.6 is 11.3 Å². The van der Waals surface area contributed by atoms with Gasteiger partial charge >= 0.3 is 0 Å². The van der Waals surface area contributed by atoms with Crippen molar-refractivity contribution in [2.45, 2.75) is 33.2 Å². The van der Waals surface area contributed by atoms with Crippen molar-refractivity contribution in [3.05, 3.63) is 57.3 Å². The average molecular weight is 273 g/mol. The topological polar surface area (TPSA) is 29.1 Å². The highest BCUT2D eigenvalue weighted by molar-refractivity contribution is 7.14. The molecule has 2 rings (SSSR count). The van der Waals surface area contributed by atoms with Gasteiger partial charge in [-0.3, -0.25) is 4.79 Å². The van der Waals surface area contributed by atoms with Crippen LogP contribution in [0.4, 0.5) is 0 Å². The Balaban J connectivity index is 2.08. The number of amides is 1. The molecule has 1 aromatic carbocycles. The number of nitrogens with one attached hydrogen (secondary N) is 1. The quantitative estimate of drug-likeness (QED) is 0.892. The number of carbonyl (C=O) groups excluding carboxylic acids is 1. The molecule has 0 radical (unpaired) electrons. The molecule has 0 saturated carbocycles. The Hall–Kier alpha value is -1.61. The monoisotopic (exact) mass is 273 g/mol. The third-order valence-corrected chi connectivity index (χ3v) is 4.36. The summed E-state index contributed by atoms with van der Waals surface area (Å²) < 4.78 is 0. The molecule has 1 amide bonds. The second-order valence-electron chi connectivity index (χ2n) is 4.65. The van der Waals surface area contributed by atoms with Crippen LogP contribution < -0.4 is 5.32 Å². The molecule has 0 aliphatic heterocycles. The molecule has 100 valence electrons. The maximum Gasteiger partial charge on any atom is 0.261 e. The van der Waals surface area contributed by atoms with Gasteiger partial charge in [-0.25, -0.2) is 0 Å². The molecule has 0 unspecified atom stereocenters. The molecule has 0 bridgehead atoms. The number of hydrogen-bond acceptors (Lipinski definition) is 2. The number of benzene rings is 1. The Morgan fingerprint density at radius 2 is 2.00 bits per heavy atom. The summed E-state index contributed by atoms with van der Waals surface area (Å²) in [6, 6.07) is 12.1. The molecule has 1 atom stereocenters. The minimum absolute atomic E-state index is 0.0177. The molecule has 0 fully saturated rings. The molecule has 1 aromatic heterocycles. The molecule has 2 aromatic rings. The lowest BCUT2D eigenvalue weighted by Gasteiger charge is -2.13. The van der Waals surface area contributed by atoms with Crippen LogP contribution in [0.3, 0.4) is 0 Å². The van der Waals surface area contributed by atoms with E-state index in [1.54, 1.807) is 11.3 Å². The van der Waals surface area contributed by atoms with Crippen molar-refractivity contribution in [3.63, 3.8) is 0 Å². The Morgan fingerprint density at radius 1 is 1.32 bits per heavy atom. The highest BCUT2D eigenvalue weighted by Crippen LogP contribution is 2.23. The van der Waals surface area contributed by atoms with Crippen molar-refractivity contribution in [1.29, 1.82) is 0 Å².